The summed E-state index contributed by atoms with van der Waals surface area (Å²) >= 11 is 9.88. The number of benzene rings is 3. The highest BCUT2D eigenvalue weighted by atomic mass is 80.0. The van der Waals surface area contributed by atoms with E-state index in [9.17, 15) is 35.0 Å². The van der Waals surface area contributed by atoms with Crippen molar-refractivity contribution in [3.8, 4) is 33.9 Å². The Labute approximate surface area is 328 Å². The summed E-state index contributed by atoms with van der Waals surface area (Å²) < 4.78 is 10.1. The first-order chi connectivity index (χ1) is 24.4. The van der Waals surface area contributed by atoms with Gasteiger partial charge in [0.2, 0.25) is 0 Å². The summed E-state index contributed by atoms with van der Waals surface area (Å²) in [5, 5.41) is 42.0. The number of amides is 1. The zero-order chi connectivity index (χ0) is 40.2. The molecule has 11 nitrogen and oxygen atoms in total. The Balaban J connectivity index is 0.00000128. The van der Waals surface area contributed by atoms with Crippen molar-refractivity contribution in [2.75, 3.05) is 18.7 Å². The van der Waals surface area contributed by atoms with Gasteiger partial charge in [0.15, 0.2) is 11.5 Å². The molecule has 0 saturated heterocycles. The molecule has 0 atom stereocenters. The first-order valence-corrected chi connectivity index (χ1v) is 22.8. The maximum atomic E-state index is 12.8. The lowest BCUT2D eigenvalue weighted by Crippen LogP contribution is -2.11. The molecule has 52 heavy (non-hydrogen) atoms. The van der Waals surface area contributed by atoms with Crippen molar-refractivity contribution < 1.29 is 39.0 Å². The van der Waals surface area contributed by atoms with Crippen LogP contribution in [0.2, 0.25) is 0 Å². The van der Waals surface area contributed by atoms with Crippen LogP contribution in [-0.2, 0) is 4.74 Å². The maximum Gasteiger partial charge on any atom is 0.339 e. The number of halogens is 3. The van der Waals surface area contributed by atoms with Gasteiger partial charge in [-0.2, -0.15) is 0 Å². The lowest BCUT2D eigenvalue weighted by molar-refractivity contribution is -0.384. The van der Waals surface area contributed by atoms with Gasteiger partial charge in [-0.15, -0.1) is 0 Å². The van der Waals surface area contributed by atoms with Crippen LogP contribution >= 0.6 is 49.8 Å². The standard InChI is InChI=1S/C25H18N2O8.C5H8O.C4H8.C2H6.CH3Br3S/c1-13-18(25(31)32)11-23(35-13)14-5-7-17(8-6-14)26-24(30)16-4-2-3-15(9-16)19-10-21(28)22(29)12-20(19)27(33)34;1-4-5(2)6-3;1-3-4-2;1-2;1-5(2,3)4/h2-12,28-29H,1H3,(H,26,30)(H,31,32);4H,1-2H2,3H3;3-4H,1-2H3;1-2H3;1H3/b;;4-3-;;. The molecular weight excluding hydrogens is 888 g/mol. The number of nitrogens with one attached hydrogen (secondary N) is 1. The van der Waals surface area contributed by atoms with Crippen molar-refractivity contribution >= 4 is 73.0 Å². The Hall–Kier alpha value is -4.31. The predicted molar refractivity (Wildman–Crippen MR) is 224 cm³/mol. The Bertz CT molecular complexity index is 1830. The topological polar surface area (TPSA) is 172 Å². The third-order valence-electron chi connectivity index (χ3n) is 6.12. The average Bonchev–Trinajstić information content (AvgIpc) is 3.51. The summed E-state index contributed by atoms with van der Waals surface area (Å²) in [6, 6.07) is 16.0. The monoisotopic (exact) mass is 928 g/mol. The van der Waals surface area contributed by atoms with Gasteiger partial charge in [-0.05, 0) is 132 Å². The molecule has 1 heterocycles. The number of phenolic OH excluding ortho intramolecular Hbond substituents is 2. The van der Waals surface area contributed by atoms with Crippen LogP contribution in [0.25, 0.3) is 22.5 Å². The zero-order valence-electron chi connectivity index (χ0n) is 29.8. The van der Waals surface area contributed by atoms with Crippen LogP contribution in [0.15, 0.2) is 108 Å². The third-order valence-corrected chi connectivity index (χ3v) is 6.12. The number of carbonyl (C=O) groups excluding carboxylic acids is 1. The molecular formula is C37H43Br3N2O9S. The van der Waals surface area contributed by atoms with E-state index in [4.69, 9.17) is 4.42 Å². The van der Waals surface area contributed by atoms with Crippen LogP contribution < -0.4 is 5.32 Å². The molecule has 0 aliphatic carbocycles. The van der Waals surface area contributed by atoms with Gasteiger partial charge in [0.05, 0.1) is 23.7 Å². The van der Waals surface area contributed by atoms with E-state index in [1.165, 1.54) is 18.2 Å². The molecule has 0 aliphatic rings. The number of methoxy groups -OCH3 is 1. The number of nitrogens with zero attached hydrogens (tertiary/aromatic N) is 1. The quantitative estimate of drug-likeness (QED) is 0.0335. The second-order valence-electron chi connectivity index (χ2n) is 9.79. The van der Waals surface area contributed by atoms with Crippen molar-refractivity contribution in [3.63, 3.8) is 0 Å². The Kier molecular flexibility index (Phi) is 22.0. The number of rotatable bonds is 8. The van der Waals surface area contributed by atoms with E-state index in [-0.39, 0.29) is 22.5 Å². The molecule has 4 N–H and O–H groups in total. The van der Waals surface area contributed by atoms with Crippen molar-refractivity contribution in [2.24, 2.45) is 0 Å². The lowest BCUT2D eigenvalue weighted by atomic mass is 10.0. The number of nitro groups is 1. The van der Waals surface area contributed by atoms with Crippen LogP contribution in [0.1, 0.15) is 54.2 Å². The second-order valence-corrected chi connectivity index (χ2v) is 30.5. The number of phenols is 2. The number of carbonyl (C=O) groups is 2. The number of furan rings is 1. The predicted octanol–water partition coefficient (Wildman–Crippen LogP) is 12.5. The van der Waals surface area contributed by atoms with Gasteiger partial charge < -0.3 is 29.8 Å². The van der Waals surface area contributed by atoms with Crippen LogP contribution in [0.3, 0.4) is 0 Å². The van der Waals surface area contributed by atoms with Crippen LogP contribution in [0.4, 0.5) is 11.4 Å². The lowest BCUT2D eigenvalue weighted by Gasteiger charge is -2.09. The summed E-state index contributed by atoms with van der Waals surface area (Å²) in [4.78, 5) is 34.7. The largest absolute Gasteiger partial charge is 0.504 e. The first kappa shape index (κ1) is 47.7. The molecule has 0 spiro atoms. The molecule has 0 unspecified atom stereocenters. The van der Waals surface area contributed by atoms with E-state index >= 15 is 0 Å². The van der Waals surface area contributed by atoms with Crippen molar-refractivity contribution in [1.29, 1.82) is 0 Å². The summed E-state index contributed by atoms with van der Waals surface area (Å²) in [5.74, 6) is -1.45. The minimum absolute atomic E-state index is 0.0405. The number of carboxylic acids is 1. The molecule has 0 bridgehead atoms. The van der Waals surface area contributed by atoms with Gasteiger partial charge in [0, 0.05) is 16.8 Å². The van der Waals surface area contributed by atoms with Crippen LogP contribution in [-0.4, -0.2) is 45.5 Å². The van der Waals surface area contributed by atoms with E-state index < -0.39 is 39.3 Å². The Morgan fingerprint density at radius 2 is 1.50 bits per heavy atom. The minimum Gasteiger partial charge on any atom is -0.504 e. The third kappa shape index (κ3) is 17.3. The fourth-order valence-corrected chi connectivity index (χ4v) is 3.62. The van der Waals surface area contributed by atoms with E-state index in [2.05, 4.69) is 67.6 Å². The minimum atomic E-state index is -1.09. The van der Waals surface area contributed by atoms with E-state index in [1.54, 1.807) is 56.5 Å². The number of carboxylic acid groups (broad SMARTS) is 1. The van der Waals surface area contributed by atoms with E-state index in [0.29, 0.717) is 28.3 Å². The second kappa shape index (κ2) is 24.0. The van der Waals surface area contributed by atoms with Crippen LogP contribution in [0, 0.1) is 17.0 Å². The number of hydrogen-bond donors (Lipinski definition) is 4. The van der Waals surface area contributed by atoms with Crippen molar-refractivity contribution in [1.82, 2.24) is 0 Å². The van der Waals surface area contributed by atoms with Crippen molar-refractivity contribution in [3.05, 3.63) is 131 Å². The molecule has 0 saturated carbocycles. The van der Waals surface area contributed by atoms with E-state index in [0.717, 1.165) is 12.1 Å². The van der Waals surface area contributed by atoms with Gasteiger partial charge in [0.25, 0.3) is 11.6 Å². The highest BCUT2D eigenvalue weighted by Gasteiger charge is 2.20. The van der Waals surface area contributed by atoms with Gasteiger partial charge in [0.1, 0.15) is 22.8 Å². The number of aromatic carboxylic acids is 1. The smallest absolute Gasteiger partial charge is 0.339 e. The van der Waals surface area contributed by atoms with E-state index in [1.807, 2.05) is 46.1 Å². The number of hydrogen-bond acceptors (Lipinski definition) is 8. The molecule has 15 heteroatoms. The summed E-state index contributed by atoms with van der Waals surface area (Å²) in [6.07, 6.45) is 7.58. The number of anilines is 1. The molecule has 4 rings (SSSR count). The molecule has 1 amide bonds. The normalized spacial score (nSPS) is 10.3. The highest BCUT2D eigenvalue weighted by molar-refractivity contribution is 10.2. The molecule has 0 fully saturated rings. The summed E-state index contributed by atoms with van der Waals surface area (Å²) in [7, 11) is 1.56. The Morgan fingerprint density at radius 1 is 0.962 bits per heavy atom. The SMILES string of the molecule is C/C=C\C.C=CC(=C)OC.CC.CS(Br)(Br)Br.Cc1oc(-c2ccc(NC(=O)c3cccc(-c4cc(O)c(O)cc4[N+](=O)[O-])c3)cc2)cc1C(=O)O. The molecule has 1 aromatic heterocycles. The summed E-state index contributed by atoms with van der Waals surface area (Å²) in [6.45, 7) is 16.4. The Morgan fingerprint density at radius 3 is 1.92 bits per heavy atom. The van der Waals surface area contributed by atoms with Gasteiger partial charge in [-0.1, -0.05) is 56.6 Å². The molecule has 0 radical (unpaired) electrons. The number of aryl methyl sites for hydroxylation is 1. The van der Waals surface area contributed by atoms with Crippen LogP contribution in [0.5, 0.6) is 11.5 Å². The van der Waals surface area contributed by atoms with Gasteiger partial charge >= 0.3 is 5.97 Å². The molecule has 282 valence electrons. The first-order valence-electron chi connectivity index (χ1n) is 15.2. The number of ether oxygens (including phenoxy) is 1. The molecule has 0 aliphatic heterocycles. The summed E-state index contributed by atoms with van der Waals surface area (Å²) in [5.41, 5.74) is 1.28. The number of nitro benzene ring substituents is 1. The fourth-order valence-electron chi connectivity index (χ4n) is 3.62. The van der Waals surface area contributed by atoms with Gasteiger partial charge in [-0.3, -0.25) is 14.9 Å². The number of allylic oxidation sites excluding steroid dienone is 3. The highest BCUT2D eigenvalue weighted by Crippen LogP contribution is 2.66. The average molecular weight is 932 g/mol. The number of aromatic hydroxyl groups is 2. The van der Waals surface area contributed by atoms with Gasteiger partial charge in [-0.25, -0.2) is 4.79 Å². The molecule has 4 aromatic rings. The maximum absolute atomic E-state index is 12.8. The fraction of sp³-hybridized carbons (Fsp3) is 0.189. The van der Waals surface area contributed by atoms with Crippen molar-refractivity contribution in [2.45, 2.75) is 34.6 Å². The molecule has 3 aromatic carbocycles. The zero-order valence-corrected chi connectivity index (χ0v) is 35.4.